The van der Waals surface area contributed by atoms with Crippen molar-refractivity contribution in [1.82, 2.24) is 4.72 Å². The summed E-state index contributed by atoms with van der Waals surface area (Å²) in [5, 5.41) is 2.62. The summed E-state index contributed by atoms with van der Waals surface area (Å²) in [5.74, 6) is 0.804. The van der Waals surface area contributed by atoms with Gasteiger partial charge in [0.25, 0.3) is 0 Å². The molecule has 8 nitrogen and oxygen atoms in total. The Hall–Kier alpha value is -2.36. The van der Waals surface area contributed by atoms with Gasteiger partial charge < -0.3 is 19.4 Å². The van der Waals surface area contributed by atoms with E-state index in [9.17, 15) is 13.2 Å². The van der Waals surface area contributed by atoms with Gasteiger partial charge in [-0.1, -0.05) is 0 Å². The van der Waals surface area contributed by atoms with E-state index in [1.54, 1.807) is 6.26 Å². The average molecular weight is 423 g/mol. The Bertz CT molecular complexity index is 922. The molecule has 0 spiro atoms. The number of hydrogen-bond acceptors (Lipinski definition) is 5. The first kappa shape index (κ1) is 21.4. The molecule has 3 rings (SSSR count). The van der Waals surface area contributed by atoms with Gasteiger partial charge in [-0.05, 0) is 43.5 Å². The highest BCUT2D eigenvalue weighted by Gasteiger charge is 2.30. The Morgan fingerprint density at radius 2 is 2.00 bits per heavy atom. The Balaban J connectivity index is 1.77. The van der Waals surface area contributed by atoms with E-state index in [0.29, 0.717) is 5.69 Å². The monoisotopic (exact) mass is 422 g/mol. The normalized spacial score (nSPS) is 16.3. The maximum absolute atomic E-state index is 12.9. The SMILES string of the molecule is COc1cc(S(=O)(=O)NC[C@@H](c2ccco2)[NH+]2CCCCC2)ccc1NC(C)=O. The minimum atomic E-state index is -3.76. The van der Waals surface area contributed by atoms with Gasteiger partial charge in [0, 0.05) is 13.0 Å². The summed E-state index contributed by atoms with van der Waals surface area (Å²) in [5.41, 5.74) is 0.421. The van der Waals surface area contributed by atoms with Gasteiger partial charge in [0.15, 0.2) is 11.8 Å². The highest BCUT2D eigenvalue weighted by atomic mass is 32.2. The second-order valence-electron chi connectivity index (χ2n) is 7.18. The summed E-state index contributed by atoms with van der Waals surface area (Å²) < 4.78 is 39.3. The molecule has 1 amide bonds. The van der Waals surface area contributed by atoms with E-state index in [1.807, 2.05) is 12.1 Å². The van der Waals surface area contributed by atoms with Crippen molar-refractivity contribution < 1.29 is 27.3 Å². The molecule has 0 unspecified atom stereocenters. The smallest absolute Gasteiger partial charge is 0.240 e. The highest BCUT2D eigenvalue weighted by Crippen LogP contribution is 2.27. The molecule has 1 saturated heterocycles. The van der Waals surface area contributed by atoms with Crippen LogP contribution in [0.5, 0.6) is 5.75 Å². The molecule has 29 heavy (non-hydrogen) atoms. The number of sulfonamides is 1. The Kier molecular flexibility index (Phi) is 6.94. The molecule has 0 bridgehead atoms. The number of hydrogen-bond donors (Lipinski definition) is 3. The van der Waals surface area contributed by atoms with Crippen LogP contribution < -0.4 is 19.7 Å². The number of carbonyl (C=O) groups is 1. The summed E-state index contributed by atoms with van der Waals surface area (Å²) in [7, 11) is -2.33. The van der Waals surface area contributed by atoms with Crippen molar-refractivity contribution in [2.45, 2.75) is 37.1 Å². The second kappa shape index (κ2) is 9.43. The molecule has 1 aromatic heterocycles. The number of amides is 1. The molecule has 3 N–H and O–H groups in total. The molecule has 9 heteroatoms. The van der Waals surface area contributed by atoms with E-state index >= 15 is 0 Å². The fourth-order valence-electron chi connectivity index (χ4n) is 3.70. The number of nitrogens with one attached hydrogen (secondary N) is 3. The number of likely N-dealkylation sites (tertiary alicyclic amines) is 1. The van der Waals surface area contributed by atoms with Gasteiger partial charge in [-0.3, -0.25) is 4.79 Å². The van der Waals surface area contributed by atoms with Gasteiger partial charge in [0.2, 0.25) is 15.9 Å². The third-order valence-electron chi connectivity index (χ3n) is 5.15. The van der Waals surface area contributed by atoms with Gasteiger partial charge in [-0.2, -0.15) is 0 Å². The second-order valence-corrected chi connectivity index (χ2v) is 8.95. The minimum absolute atomic E-state index is 0.0790. The van der Waals surface area contributed by atoms with Crippen LogP contribution in [0.4, 0.5) is 5.69 Å². The van der Waals surface area contributed by atoms with Crippen LogP contribution in [0.3, 0.4) is 0 Å². The molecule has 2 heterocycles. The van der Waals surface area contributed by atoms with Gasteiger partial charge in [0.1, 0.15) is 5.75 Å². The number of carbonyl (C=O) groups excluding carboxylic acids is 1. The van der Waals surface area contributed by atoms with Crippen molar-refractivity contribution in [1.29, 1.82) is 0 Å². The van der Waals surface area contributed by atoms with Crippen molar-refractivity contribution in [3.8, 4) is 5.75 Å². The zero-order chi connectivity index (χ0) is 20.9. The first-order valence-corrected chi connectivity index (χ1v) is 11.2. The van der Waals surface area contributed by atoms with Crippen molar-refractivity contribution >= 4 is 21.6 Å². The molecule has 0 saturated carbocycles. The van der Waals surface area contributed by atoms with Crippen LogP contribution in [-0.4, -0.2) is 41.1 Å². The largest absolute Gasteiger partial charge is 0.495 e. The van der Waals surface area contributed by atoms with Crippen molar-refractivity contribution in [2.24, 2.45) is 0 Å². The first-order chi connectivity index (χ1) is 13.9. The molecule has 2 aromatic rings. The van der Waals surface area contributed by atoms with Crippen molar-refractivity contribution in [3.63, 3.8) is 0 Å². The lowest BCUT2D eigenvalue weighted by Gasteiger charge is -2.30. The van der Waals surface area contributed by atoms with Gasteiger partial charge in [0.05, 0.1) is 43.6 Å². The van der Waals surface area contributed by atoms with Crippen molar-refractivity contribution in [3.05, 3.63) is 42.4 Å². The predicted octanol–water partition coefficient (Wildman–Crippen LogP) is 1.33. The molecular weight excluding hydrogens is 394 g/mol. The predicted molar refractivity (Wildman–Crippen MR) is 108 cm³/mol. The maximum Gasteiger partial charge on any atom is 0.240 e. The molecular formula is C20H28N3O5S+. The van der Waals surface area contributed by atoms with Crippen LogP contribution in [0.1, 0.15) is 38.0 Å². The fourth-order valence-corrected chi connectivity index (χ4v) is 4.76. The van der Waals surface area contributed by atoms with E-state index in [-0.39, 0.29) is 29.1 Å². The fraction of sp³-hybridized carbons (Fsp3) is 0.450. The molecule has 1 aliphatic rings. The maximum atomic E-state index is 12.9. The average Bonchev–Trinajstić information content (AvgIpc) is 3.23. The topological polar surface area (TPSA) is 102 Å². The van der Waals surface area contributed by atoms with Crippen LogP contribution in [-0.2, 0) is 14.8 Å². The number of furan rings is 1. The van der Waals surface area contributed by atoms with Crippen molar-refractivity contribution in [2.75, 3.05) is 32.1 Å². The number of piperidine rings is 1. The van der Waals surface area contributed by atoms with Crippen LogP contribution in [0, 0.1) is 0 Å². The first-order valence-electron chi connectivity index (χ1n) is 9.74. The number of ether oxygens (including phenoxy) is 1. The zero-order valence-electron chi connectivity index (χ0n) is 16.7. The molecule has 1 fully saturated rings. The van der Waals surface area contributed by atoms with Crippen LogP contribution in [0.25, 0.3) is 0 Å². The molecule has 1 atom stereocenters. The molecule has 1 aliphatic heterocycles. The van der Waals surface area contributed by atoms with Gasteiger partial charge >= 0.3 is 0 Å². The standard InChI is InChI=1S/C20H27N3O5S/c1-15(24)22-17-9-8-16(13-20(17)27-2)29(25,26)21-14-18(19-7-6-12-28-19)23-10-4-3-5-11-23/h6-9,12-13,18,21H,3-5,10-11,14H2,1-2H3,(H,22,24)/p+1/t18-/m0/s1. The number of benzene rings is 1. The van der Waals surface area contributed by atoms with Crippen LogP contribution >= 0.6 is 0 Å². The lowest BCUT2D eigenvalue weighted by molar-refractivity contribution is -0.935. The summed E-state index contributed by atoms with van der Waals surface area (Å²) >= 11 is 0. The quantitative estimate of drug-likeness (QED) is 0.596. The Labute approximate surface area is 171 Å². The van der Waals surface area contributed by atoms with E-state index in [0.717, 1.165) is 31.7 Å². The molecule has 158 valence electrons. The molecule has 1 aromatic carbocycles. The van der Waals surface area contributed by atoms with E-state index in [2.05, 4.69) is 10.0 Å². The van der Waals surface area contributed by atoms with Crippen LogP contribution in [0.15, 0.2) is 45.9 Å². The Morgan fingerprint density at radius 3 is 2.62 bits per heavy atom. The number of methoxy groups -OCH3 is 1. The summed E-state index contributed by atoms with van der Waals surface area (Å²) in [6.07, 6.45) is 5.08. The third-order valence-corrected chi connectivity index (χ3v) is 6.57. The Morgan fingerprint density at radius 1 is 1.24 bits per heavy atom. The third kappa shape index (κ3) is 5.37. The minimum Gasteiger partial charge on any atom is -0.495 e. The van der Waals surface area contributed by atoms with E-state index < -0.39 is 10.0 Å². The number of anilines is 1. The molecule has 0 radical (unpaired) electrons. The van der Waals surface area contributed by atoms with Crippen LogP contribution in [0.2, 0.25) is 0 Å². The molecule has 0 aliphatic carbocycles. The lowest BCUT2D eigenvalue weighted by Crippen LogP contribution is -3.13. The number of rotatable bonds is 8. The van der Waals surface area contributed by atoms with E-state index in [1.165, 1.54) is 43.6 Å². The summed E-state index contributed by atoms with van der Waals surface area (Å²) in [6.45, 7) is 3.60. The number of quaternary nitrogens is 1. The lowest BCUT2D eigenvalue weighted by atomic mass is 10.1. The van der Waals surface area contributed by atoms with Gasteiger partial charge in [-0.15, -0.1) is 0 Å². The summed E-state index contributed by atoms with van der Waals surface area (Å²) in [4.78, 5) is 12.7. The highest BCUT2D eigenvalue weighted by molar-refractivity contribution is 7.89. The zero-order valence-corrected chi connectivity index (χ0v) is 17.6. The van der Waals surface area contributed by atoms with Gasteiger partial charge in [-0.25, -0.2) is 13.1 Å². The van der Waals surface area contributed by atoms with E-state index in [4.69, 9.17) is 9.15 Å². The summed E-state index contributed by atoms with van der Waals surface area (Å²) in [6, 6.07) is 8.02.